The minimum absolute atomic E-state index is 0.0199. The summed E-state index contributed by atoms with van der Waals surface area (Å²) in [5, 5.41) is 3.13. The number of ether oxygens (including phenoxy) is 1. The van der Waals surface area contributed by atoms with Crippen LogP contribution in [0.5, 0.6) is 5.75 Å². The molecule has 1 atom stereocenters. The summed E-state index contributed by atoms with van der Waals surface area (Å²) in [5.74, 6) is 0.356. The van der Waals surface area contributed by atoms with Gasteiger partial charge in [-0.15, -0.1) is 0 Å². The summed E-state index contributed by atoms with van der Waals surface area (Å²) >= 11 is 0. The molecule has 3 N–H and O–H groups in total. The maximum Gasteiger partial charge on any atom is 0.227 e. The third-order valence-corrected chi connectivity index (χ3v) is 5.22. The van der Waals surface area contributed by atoms with E-state index in [2.05, 4.69) is 5.32 Å². The fourth-order valence-corrected chi connectivity index (χ4v) is 3.69. The Bertz CT molecular complexity index is 608. The monoisotopic (exact) mass is 331 g/mol. The predicted molar refractivity (Wildman–Crippen MR) is 91.9 cm³/mol. The molecular formula is C18H25N3O3. The normalized spacial score (nSPS) is 22.7. The molecule has 1 unspecified atom stereocenters. The largest absolute Gasteiger partial charge is 0.497 e. The third-order valence-electron chi connectivity index (χ3n) is 5.22. The Balaban J connectivity index is 1.66. The van der Waals surface area contributed by atoms with E-state index < -0.39 is 0 Å². The van der Waals surface area contributed by atoms with Gasteiger partial charge in [-0.25, -0.2) is 0 Å². The fraction of sp³-hybridized carbons (Fsp3) is 0.556. The van der Waals surface area contributed by atoms with E-state index in [9.17, 15) is 9.59 Å². The average molecular weight is 331 g/mol. The summed E-state index contributed by atoms with van der Waals surface area (Å²) in [6.45, 7) is 0.874. The van der Waals surface area contributed by atoms with Gasteiger partial charge in [0.05, 0.1) is 18.6 Å². The number of benzene rings is 1. The van der Waals surface area contributed by atoms with Crippen molar-refractivity contribution in [2.24, 2.45) is 11.7 Å². The van der Waals surface area contributed by atoms with Gasteiger partial charge in [-0.3, -0.25) is 9.59 Å². The van der Waals surface area contributed by atoms with Crippen molar-refractivity contribution in [1.29, 1.82) is 0 Å². The Morgan fingerprint density at radius 1 is 1.33 bits per heavy atom. The highest BCUT2D eigenvalue weighted by molar-refractivity contribution is 6.00. The van der Waals surface area contributed by atoms with Crippen LogP contribution in [0.15, 0.2) is 24.3 Å². The van der Waals surface area contributed by atoms with Crippen LogP contribution >= 0.6 is 0 Å². The van der Waals surface area contributed by atoms with Gasteiger partial charge in [-0.2, -0.15) is 0 Å². The lowest BCUT2D eigenvalue weighted by molar-refractivity contribution is -0.127. The summed E-state index contributed by atoms with van der Waals surface area (Å²) in [6.07, 6.45) is 4.30. The Morgan fingerprint density at radius 3 is 2.58 bits per heavy atom. The molecule has 0 spiro atoms. The van der Waals surface area contributed by atoms with Gasteiger partial charge in [-0.05, 0) is 37.1 Å². The van der Waals surface area contributed by atoms with Crippen molar-refractivity contribution >= 4 is 17.5 Å². The number of amides is 2. The van der Waals surface area contributed by atoms with Crippen LogP contribution in [0.4, 0.5) is 5.69 Å². The maximum absolute atomic E-state index is 12.6. The molecule has 0 bridgehead atoms. The molecule has 2 fully saturated rings. The quantitative estimate of drug-likeness (QED) is 0.855. The summed E-state index contributed by atoms with van der Waals surface area (Å²) in [6, 6.07) is 7.32. The second-order valence-corrected chi connectivity index (χ2v) is 6.78. The van der Waals surface area contributed by atoms with Crippen LogP contribution in [0.2, 0.25) is 0 Å². The number of nitrogens with two attached hydrogens (primary N) is 1. The molecule has 0 radical (unpaired) electrons. The number of methoxy groups -OCH3 is 1. The predicted octanol–water partition coefficient (Wildman–Crippen LogP) is 1.44. The molecule has 2 amide bonds. The number of rotatable bonds is 5. The van der Waals surface area contributed by atoms with Crippen molar-refractivity contribution in [3.8, 4) is 5.75 Å². The van der Waals surface area contributed by atoms with Gasteiger partial charge in [0.2, 0.25) is 11.8 Å². The fourth-order valence-electron chi connectivity index (χ4n) is 3.69. The van der Waals surface area contributed by atoms with E-state index in [0.717, 1.165) is 37.1 Å². The summed E-state index contributed by atoms with van der Waals surface area (Å²) < 4.78 is 5.14. The number of hydrogen-bond acceptors (Lipinski definition) is 4. The smallest absolute Gasteiger partial charge is 0.227 e. The van der Waals surface area contributed by atoms with Crippen molar-refractivity contribution < 1.29 is 14.3 Å². The Morgan fingerprint density at radius 2 is 2.00 bits per heavy atom. The van der Waals surface area contributed by atoms with E-state index in [1.54, 1.807) is 12.0 Å². The van der Waals surface area contributed by atoms with Crippen molar-refractivity contribution in [2.45, 2.75) is 37.6 Å². The van der Waals surface area contributed by atoms with Crippen LogP contribution in [0.25, 0.3) is 0 Å². The van der Waals surface area contributed by atoms with Crippen LogP contribution in [-0.4, -0.2) is 37.6 Å². The Labute approximate surface area is 142 Å². The minimum Gasteiger partial charge on any atom is -0.497 e. The standard InChI is InChI=1S/C18H25N3O3/c1-24-15-6-4-14(5-7-15)21-11-13(10-16(21)22)17(23)20-18(12-19)8-2-3-9-18/h4-7,13H,2-3,8-12,19H2,1H3,(H,20,23). The van der Waals surface area contributed by atoms with Gasteiger partial charge in [0.15, 0.2) is 0 Å². The Kier molecular flexibility index (Phi) is 4.76. The van der Waals surface area contributed by atoms with Crippen LogP contribution in [-0.2, 0) is 9.59 Å². The highest BCUT2D eigenvalue weighted by Crippen LogP contribution is 2.31. The Hall–Kier alpha value is -2.08. The molecule has 1 saturated heterocycles. The molecule has 1 aromatic carbocycles. The second kappa shape index (κ2) is 6.81. The summed E-state index contributed by atoms with van der Waals surface area (Å²) in [7, 11) is 1.60. The van der Waals surface area contributed by atoms with Gasteiger partial charge >= 0.3 is 0 Å². The first kappa shape index (κ1) is 16.8. The molecule has 6 nitrogen and oxygen atoms in total. The number of hydrogen-bond donors (Lipinski definition) is 2. The number of anilines is 1. The van der Waals surface area contributed by atoms with Gasteiger partial charge in [0, 0.05) is 25.2 Å². The molecule has 0 aromatic heterocycles. The number of carbonyl (C=O) groups is 2. The first-order valence-electron chi connectivity index (χ1n) is 8.53. The first-order chi connectivity index (χ1) is 11.6. The van der Waals surface area contributed by atoms with E-state index >= 15 is 0 Å². The molecule has 1 aliphatic heterocycles. The summed E-state index contributed by atoms with van der Waals surface area (Å²) in [4.78, 5) is 26.6. The highest BCUT2D eigenvalue weighted by Gasteiger charge is 2.40. The summed E-state index contributed by atoms with van der Waals surface area (Å²) in [5.41, 5.74) is 6.41. The van der Waals surface area contributed by atoms with Gasteiger partial charge < -0.3 is 20.7 Å². The number of nitrogens with zero attached hydrogens (tertiary/aromatic N) is 1. The van der Waals surface area contributed by atoms with E-state index in [-0.39, 0.29) is 29.7 Å². The van der Waals surface area contributed by atoms with Gasteiger partial charge in [0.1, 0.15) is 5.75 Å². The zero-order valence-electron chi connectivity index (χ0n) is 14.1. The zero-order valence-corrected chi connectivity index (χ0v) is 14.1. The van der Waals surface area contributed by atoms with Gasteiger partial charge in [-0.1, -0.05) is 12.8 Å². The van der Waals surface area contributed by atoms with E-state index in [1.165, 1.54) is 0 Å². The van der Waals surface area contributed by atoms with E-state index in [4.69, 9.17) is 10.5 Å². The van der Waals surface area contributed by atoms with Crippen molar-refractivity contribution in [1.82, 2.24) is 5.32 Å². The van der Waals surface area contributed by atoms with Crippen LogP contribution in [0.3, 0.4) is 0 Å². The van der Waals surface area contributed by atoms with Crippen molar-refractivity contribution in [3.63, 3.8) is 0 Å². The molecule has 3 rings (SSSR count). The molecule has 1 aromatic rings. The molecule has 1 saturated carbocycles. The van der Waals surface area contributed by atoms with Crippen LogP contribution in [0.1, 0.15) is 32.1 Å². The molecule has 1 heterocycles. The second-order valence-electron chi connectivity index (χ2n) is 6.78. The highest BCUT2D eigenvalue weighted by atomic mass is 16.5. The third kappa shape index (κ3) is 3.24. The molecule has 24 heavy (non-hydrogen) atoms. The topological polar surface area (TPSA) is 84.7 Å². The molecule has 2 aliphatic rings. The molecule has 1 aliphatic carbocycles. The van der Waals surface area contributed by atoms with Gasteiger partial charge in [0.25, 0.3) is 0 Å². The maximum atomic E-state index is 12.6. The minimum atomic E-state index is -0.316. The lowest BCUT2D eigenvalue weighted by Gasteiger charge is -2.30. The van der Waals surface area contributed by atoms with Crippen molar-refractivity contribution in [3.05, 3.63) is 24.3 Å². The van der Waals surface area contributed by atoms with E-state index in [1.807, 2.05) is 24.3 Å². The number of nitrogens with one attached hydrogen (secondary N) is 1. The van der Waals surface area contributed by atoms with Crippen LogP contribution < -0.4 is 20.7 Å². The van der Waals surface area contributed by atoms with Crippen molar-refractivity contribution in [2.75, 3.05) is 25.1 Å². The molecular weight excluding hydrogens is 306 g/mol. The first-order valence-corrected chi connectivity index (χ1v) is 8.53. The van der Waals surface area contributed by atoms with E-state index in [0.29, 0.717) is 13.1 Å². The lowest BCUT2D eigenvalue weighted by atomic mass is 9.96. The zero-order chi connectivity index (χ0) is 17.2. The SMILES string of the molecule is COc1ccc(N2CC(C(=O)NC3(CN)CCCC3)CC2=O)cc1. The molecule has 6 heteroatoms. The lowest BCUT2D eigenvalue weighted by Crippen LogP contribution is -2.53. The van der Waals surface area contributed by atoms with Crippen LogP contribution in [0, 0.1) is 5.92 Å². The number of carbonyl (C=O) groups excluding carboxylic acids is 2. The molecule has 130 valence electrons. The average Bonchev–Trinajstić information content (AvgIpc) is 3.22.